The maximum atomic E-state index is 11.8. The number of rotatable bonds is 5. The number of benzene rings is 1. The van der Waals surface area contributed by atoms with Crippen LogP contribution in [-0.4, -0.2) is 18.5 Å². The van der Waals surface area contributed by atoms with Crippen LogP contribution in [0.5, 0.6) is 0 Å². The summed E-state index contributed by atoms with van der Waals surface area (Å²) in [4.78, 5) is 11.8. The van der Waals surface area contributed by atoms with E-state index in [1.165, 1.54) is 32.1 Å². The third-order valence-corrected chi connectivity index (χ3v) is 4.57. The summed E-state index contributed by atoms with van der Waals surface area (Å²) in [6, 6.07) is 6.42. The molecule has 3 heteroatoms. The molecule has 1 unspecified atom stereocenters. The molecule has 2 N–H and O–H groups in total. The molecule has 1 aromatic carbocycles. The highest BCUT2D eigenvalue weighted by Gasteiger charge is 2.20. The van der Waals surface area contributed by atoms with Gasteiger partial charge in [-0.05, 0) is 63.3 Å². The molecule has 3 nitrogen and oxygen atoms in total. The van der Waals surface area contributed by atoms with Crippen LogP contribution in [0.3, 0.4) is 0 Å². The molecule has 1 aromatic rings. The lowest BCUT2D eigenvalue weighted by Gasteiger charge is -2.29. The summed E-state index contributed by atoms with van der Waals surface area (Å²) >= 11 is 0. The first-order valence-corrected chi connectivity index (χ1v) is 8.27. The van der Waals surface area contributed by atoms with Crippen LogP contribution in [0.2, 0.25) is 0 Å². The van der Waals surface area contributed by atoms with Gasteiger partial charge in [0.25, 0.3) is 5.91 Å². The minimum absolute atomic E-state index is 0.00692. The molecule has 1 fully saturated rings. The zero-order chi connectivity index (χ0) is 15.2. The molecule has 1 saturated carbocycles. The average molecular weight is 288 g/mol. The van der Waals surface area contributed by atoms with Crippen molar-refractivity contribution in [2.75, 3.05) is 11.9 Å². The predicted octanol–water partition coefficient (Wildman–Crippen LogP) is 4.13. The molecule has 0 aliphatic heterocycles. The van der Waals surface area contributed by atoms with Crippen LogP contribution in [0, 0.1) is 12.8 Å². The van der Waals surface area contributed by atoms with Gasteiger partial charge in [0.15, 0.2) is 0 Å². The van der Waals surface area contributed by atoms with Gasteiger partial charge in [0.05, 0.1) is 0 Å². The number of carbonyl (C=O) groups is 1. The quantitative estimate of drug-likeness (QED) is 0.855. The number of aryl methyl sites for hydroxylation is 1. The summed E-state index contributed by atoms with van der Waals surface area (Å²) in [6.45, 7) is 6.95. The van der Waals surface area contributed by atoms with E-state index < -0.39 is 0 Å². The van der Waals surface area contributed by atoms with Crippen LogP contribution in [0.1, 0.15) is 61.9 Å². The summed E-state index contributed by atoms with van der Waals surface area (Å²) in [6.07, 6.45) is 6.80. The highest BCUT2D eigenvalue weighted by Crippen LogP contribution is 2.29. The Kier molecular flexibility index (Phi) is 5.66. The molecule has 0 heterocycles. The summed E-state index contributed by atoms with van der Waals surface area (Å²) in [5.74, 6) is 0.786. The number of carbonyl (C=O) groups excluding carboxylic acids is 1. The van der Waals surface area contributed by atoms with Crippen LogP contribution < -0.4 is 10.6 Å². The molecule has 116 valence electrons. The number of amides is 1. The van der Waals surface area contributed by atoms with Crippen LogP contribution >= 0.6 is 0 Å². The van der Waals surface area contributed by atoms with Crippen LogP contribution in [-0.2, 0) is 0 Å². The molecular formula is C18H28N2O. The van der Waals surface area contributed by atoms with Gasteiger partial charge in [-0.2, -0.15) is 0 Å². The molecule has 21 heavy (non-hydrogen) atoms. The standard InChI is InChI=1S/C18H28N2O/c1-4-19-18(21)16-10-11-17(13(2)12-16)20-14(3)15-8-6-5-7-9-15/h10-12,14-15,20H,4-9H2,1-3H3,(H,19,21). The second kappa shape index (κ2) is 7.48. The minimum Gasteiger partial charge on any atom is -0.382 e. The Morgan fingerprint density at radius 3 is 2.62 bits per heavy atom. The smallest absolute Gasteiger partial charge is 0.251 e. The van der Waals surface area contributed by atoms with E-state index >= 15 is 0 Å². The Hall–Kier alpha value is -1.51. The maximum Gasteiger partial charge on any atom is 0.251 e. The zero-order valence-electron chi connectivity index (χ0n) is 13.5. The zero-order valence-corrected chi connectivity index (χ0v) is 13.5. The van der Waals surface area contributed by atoms with E-state index in [1.54, 1.807) is 0 Å². The lowest BCUT2D eigenvalue weighted by Crippen LogP contribution is -2.28. The fourth-order valence-corrected chi connectivity index (χ4v) is 3.23. The lowest BCUT2D eigenvalue weighted by molar-refractivity contribution is 0.0956. The first-order valence-electron chi connectivity index (χ1n) is 8.27. The highest BCUT2D eigenvalue weighted by molar-refractivity contribution is 5.94. The fraction of sp³-hybridized carbons (Fsp3) is 0.611. The van der Waals surface area contributed by atoms with Crippen molar-refractivity contribution in [1.82, 2.24) is 5.32 Å². The van der Waals surface area contributed by atoms with Gasteiger partial charge in [0.2, 0.25) is 0 Å². The van der Waals surface area contributed by atoms with E-state index in [0.717, 1.165) is 22.7 Å². The van der Waals surface area contributed by atoms with Gasteiger partial charge < -0.3 is 10.6 Å². The van der Waals surface area contributed by atoms with Crippen molar-refractivity contribution in [2.45, 2.75) is 58.9 Å². The van der Waals surface area contributed by atoms with Crippen molar-refractivity contribution in [2.24, 2.45) is 5.92 Å². The molecular weight excluding hydrogens is 260 g/mol. The van der Waals surface area contributed by atoms with E-state index in [1.807, 2.05) is 25.1 Å². The Balaban J connectivity index is 2.01. The predicted molar refractivity (Wildman–Crippen MR) is 88.8 cm³/mol. The second-order valence-electron chi connectivity index (χ2n) is 6.22. The molecule has 2 rings (SSSR count). The van der Waals surface area contributed by atoms with Crippen molar-refractivity contribution < 1.29 is 4.79 Å². The van der Waals surface area contributed by atoms with Crippen molar-refractivity contribution >= 4 is 11.6 Å². The summed E-state index contributed by atoms with van der Waals surface area (Å²) < 4.78 is 0. The Bertz CT molecular complexity index is 478. The Morgan fingerprint density at radius 1 is 1.29 bits per heavy atom. The molecule has 1 aliphatic carbocycles. The van der Waals surface area contributed by atoms with Gasteiger partial charge in [-0.15, -0.1) is 0 Å². The average Bonchev–Trinajstić information content (AvgIpc) is 2.50. The van der Waals surface area contributed by atoms with Gasteiger partial charge in [-0.25, -0.2) is 0 Å². The molecule has 0 radical (unpaired) electrons. The molecule has 0 bridgehead atoms. The third-order valence-electron chi connectivity index (χ3n) is 4.57. The van der Waals surface area contributed by atoms with Crippen LogP contribution in [0.4, 0.5) is 5.69 Å². The lowest BCUT2D eigenvalue weighted by atomic mass is 9.84. The SMILES string of the molecule is CCNC(=O)c1ccc(NC(C)C2CCCCC2)c(C)c1. The van der Waals surface area contributed by atoms with Crippen molar-refractivity contribution in [1.29, 1.82) is 0 Å². The van der Waals surface area contributed by atoms with E-state index in [0.29, 0.717) is 12.6 Å². The van der Waals surface area contributed by atoms with Gasteiger partial charge >= 0.3 is 0 Å². The first kappa shape index (κ1) is 15.9. The number of hydrogen-bond donors (Lipinski definition) is 2. The van der Waals surface area contributed by atoms with E-state index in [4.69, 9.17) is 0 Å². The molecule has 1 amide bonds. The molecule has 0 saturated heterocycles. The monoisotopic (exact) mass is 288 g/mol. The third kappa shape index (κ3) is 4.23. The van der Waals surface area contributed by atoms with Crippen LogP contribution in [0.15, 0.2) is 18.2 Å². The minimum atomic E-state index is 0.00692. The van der Waals surface area contributed by atoms with Gasteiger partial charge in [-0.3, -0.25) is 4.79 Å². The van der Waals surface area contributed by atoms with Gasteiger partial charge in [0.1, 0.15) is 0 Å². The fourth-order valence-electron chi connectivity index (χ4n) is 3.23. The Labute approximate surface area is 128 Å². The summed E-state index contributed by atoms with van der Waals surface area (Å²) in [7, 11) is 0. The van der Waals surface area contributed by atoms with E-state index in [2.05, 4.69) is 24.5 Å². The molecule has 0 spiro atoms. The first-order chi connectivity index (χ1) is 10.1. The number of hydrogen-bond acceptors (Lipinski definition) is 2. The van der Waals surface area contributed by atoms with Crippen molar-refractivity contribution in [3.8, 4) is 0 Å². The Morgan fingerprint density at radius 2 is 2.00 bits per heavy atom. The number of anilines is 1. The van der Waals surface area contributed by atoms with E-state index in [9.17, 15) is 4.79 Å². The topological polar surface area (TPSA) is 41.1 Å². The summed E-state index contributed by atoms with van der Waals surface area (Å²) in [5, 5.41) is 6.49. The second-order valence-corrected chi connectivity index (χ2v) is 6.22. The molecule has 1 aliphatic rings. The maximum absolute atomic E-state index is 11.8. The van der Waals surface area contributed by atoms with Crippen molar-refractivity contribution in [3.05, 3.63) is 29.3 Å². The summed E-state index contributed by atoms with van der Waals surface area (Å²) in [5.41, 5.74) is 3.03. The van der Waals surface area contributed by atoms with Gasteiger partial charge in [-0.1, -0.05) is 19.3 Å². The largest absolute Gasteiger partial charge is 0.382 e. The van der Waals surface area contributed by atoms with Crippen LogP contribution in [0.25, 0.3) is 0 Å². The number of nitrogens with one attached hydrogen (secondary N) is 2. The highest BCUT2D eigenvalue weighted by atomic mass is 16.1. The van der Waals surface area contributed by atoms with Crippen molar-refractivity contribution in [3.63, 3.8) is 0 Å². The molecule has 0 aromatic heterocycles. The van der Waals surface area contributed by atoms with Gasteiger partial charge in [0, 0.05) is 23.8 Å². The molecule has 1 atom stereocenters. The van der Waals surface area contributed by atoms with E-state index in [-0.39, 0.29) is 5.91 Å². The normalized spacial score (nSPS) is 17.3.